The first-order valence-corrected chi connectivity index (χ1v) is 4.29. The molecule has 0 radical (unpaired) electrons. The zero-order chi connectivity index (χ0) is 9.68. The molecule has 1 aliphatic rings. The predicted molar refractivity (Wildman–Crippen MR) is 47.5 cm³/mol. The lowest BCUT2D eigenvalue weighted by atomic mass is 10.2. The number of carbonyl (C=O) groups is 1. The molecule has 0 spiro atoms. The zero-order valence-corrected chi connectivity index (χ0v) is 8.00. The fourth-order valence-corrected chi connectivity index (χ4v) is 1.43. The Bertz CT molecular complexity index is 175. The van der Waals surface area contributed by atoms with Gasteiger partial charge in [0.1, 0.15) is 6.61 Å². The number of nitrogens with one attached hydrogen (secondary N) is 2. The zero-order valence-electron chi connectivity index (χ0n) is 8.00. The molecule has 76 valence electrons. The number of hydrogen-bond donors (Lipinski definition) is 2. The van der Waals surface area contributed by atoms with Gasteiger partial charge >= 0.3 is 0 Å². The van der Waals surface area contributed by atoms with Crippen LogP contribution in [0, 0.1) is 0 Å². The number of carbonyl (C=O) groups excluding carboxylic acids is 1. The standard InChI is InChI=1S/C8H16N2O3/c1-12-5-8(11)10-6-3-9-4-7(6)13-2/h6-7,9H,3-5H2,1-2H3,(H,10,11). The van der Waals surface area contributed by atoms with Crippen LogP contribution in [0.25, 0.3) is 0 Å². The normalized spacial score (nSPS) is 27.5. The van der Waals surface area contributed by atoms with Crippen LogP contribution in [-0.4, -0.2) is 52.0 Å². The quantitative estimate of drug-likeness (QED) is 0.578. The summed E-state index contributed by atoms with van der Waals surface area (Å²) in [5, 5.41) is 5.97. The number of methoxy groups -OCH3 is 2. The lowest BCUT2D eigenvalue weighted by Crippen LogP contribution is -2.44. The molecule has 2 atom stereocenters. The van der Waals surface area contributed by atoms with Gasteiger partial charge < -0.3 is 20.1 Å². The molecule has 13 heavy (non-hydrogen) atoms. The van der Waals surface area contributed by atoms with Crippen molar-refractivity contribution in [2.45, 2.75) is 12.1 Å². The lowest BCUT2D eigenvalue weighted by molar-refractivity contribution is -0.126. The van der Waals surface area contributed by atoms with Crippen molar-refractivity contribution in [2.24, 2.45) is 0 Å². The Morgan fingerprint density at radius 2 is 2.31 bits per heavy atom. The molecule has 0 aromatic rings. The number of amides is 1. The molecule has 1 aliphatic heterocycles. The minimum absolute atomic E-state index is 0.0626. The van der Waals surface area contributed by atoms with Crippen LogP contribution in [0.15, 0.2) is 0 Å². The monoisotopic (exact) mass is 188 g/mol. The van der Waals surface area contributed by atoms with Crippen molar-refractivity contribution in [3.05, 3.63) is 0 Å². The highest BCUT2D eigenvalue weighted by Gasteiger charge is 2.27. The van der Waals surface area contributed by atoms with Crippen molar-refractivity contribution < 1.29 is 14.3 Å². The van der Waals surface area contributed by atoms with E-state index in [4.69, 9.17) is 9.47 Å². The van der Waals surface area contributed by atoms with Crippen molar-refractivity contribution in [2.75, 3.05) is 33.9 Å². The van der Waals surface area contributed by atoms with Crippen LogP contribution in [0.1, 0.15) is 0 Å². The topological polar surface area (TPSA) is 59.6 Å². The highest BCUT2D eigenvalue weighted by Crippen LogP contribution is 2.02. The number of hydrogen-bond acceptors (Lipinski definition) is 4. The third-order valence-electron chi connectivity index (χ3n) is 2.08. The number of rotatable bonds is 4. The molecule has 0 aliphatic carbocycles. The maximum absolute atomic E-state index is 11.1. The molecule has 1 saturated heterocycles. The molecular formula is C8H16N2O3. The highest BCUT2D eigenvalue weighted by molar-refractivity contribution is 5.77. The number of ether oxygens (including phenoxy) is 2. The van der Waals surface area contributed by atoms with Crippen LogP contribution >= 0.6 is 0 Å². The summed E-state index contributed by atoms with van der Waals surface area (Å²) in [6.45, 7) is 1.65. The molecule has 1 amide bonds. The van der Waals surface area contributed by atoms with Gasteiger partial charge in [0.2, 0.25) is 5.91 Å². The average Bonchev–Trinajstić information content (AvgIpc) is 2.52. The Hall–Kier alpha value is -0.650. The highest BCUT2D eigenvalue weighted by atomic mass is 16.5. The van der Waals surface area contributed by atoms with Crippen LogP contribution in [0.2, 0.25) is 0 Å². The van der Waals surface area contributed by atoms with Gasteiger partial charge in [-0.25, -0.2) is 0 Å². The van der Waals surface area contributed by atoms with Gasteiger partial charge in [-0.05, 0) is 0 Å². The van der Waals surface area contributed by atoms with Gasteiger partial charge in [0.05, 0.1) is 12.1 Å². The Labute approximate surface area is 77.8 Å². The summed E-state index contributed by atoms with van der Waals surface area (Å²) >= 11 is 0. The summed E-state index contributed by atoms with van der Waals surface area (Å²) in [6.07, 6.45) is 0.0702. The van der Waals surface area contributed by atoms with Crippen molar-refractivity contribution >= 4 is 5.91 Å². The van der Waals surface area contributed by atoms with E-state index in [1.165, 1.54) is 7.11 Å². The second kappa shape index (κ2) is 5.16. The molecule has 0 aromatic carbocycles. The van der Waals surface area contributed by atoms with E-state index in [0.717, 1.165) is 13.1 Å². The van der Waals surface area contributed by atoms with Crippen molar-refractivity contribution in [1.82, 2.24) is 10.6 Å². The summed E-state index contributed by atoms with van der Waals surface area (Å²) in [5.74, 6) is -0.0988. The SMILES string of the molecule is COCC(=O)NC1CNCC1OC. The molecule has 2 unspecified atom stereocenters. The Morgan fingerprint density at radius 3 is 2.92 bits per heavy atom. The Kier molecular flexibility index (Phi) is 4.14. The van der Waals surface area contributed by atoms with E-state index in [9.17, 15) is 4.79 Å². The summed E-state index contributed by atoms with van der Waals surface area (Å²) in [6, 6.07) is 0.0626. The third-order valence-corrected chi connectivity index (χ3v) is 2.08. The van der Waals surface area contributed by atoms with Gasteiger partial charge in [0.25, 0.3) is 0 Å². The second-order valence-electron chi connectivity index (χ2n) is 3.04. The van der Waals surface area contributed by atoms with Crippen molar-refractivity contribution in [3.8, 4) is 0 Å². The van der Waals surface area contributed by atoms with Gasteiger partial charge in [0.15, 0.2) is 0 Å². The summed E-state index contributed by atoms with van der Waals surface area (Å²) < 4.78 is 9.89. The van der Waals surface area contributed by atoms with Gasteiger partial charge in [-0.1, -0.05) is 0 Å². The average molecular weight is 188 g/mol. The first kappa shape index (κ1) is 10.4. The molecular weight excluding hydrogens is 172 g/mol. The fourth-order valence-electron chi connectivity index (χ4n) is 1.43. The molecule has 1 heterocycles. The van der Waals surface area contributed by atoms with Crippen LogP contribution < -0.4 is 10.6 Å². The van der Waals surface area contributed by atoms with Crippen molar-refractivity contribution in [1.29, 1.82) is 0 Å². The van der Waals surface area contributed by atoms with Crippen LogP contribution in [0.4, 0.5) is 0 Å². The Balaban J connectivity index is 2.30. The van der Waals surface area contributed by atoms with Gasteiger partial charge in [-0.3, -0.25) is 4.79 Å². The first-order valence-electron chi connectivity index (χ1n) is 4.29. The summed E-state index contributed by atoms with van der Waals surface area (Å²) in [5.41, 5.74) is 0. The first-order chi connectivity index (χ1) is 6.27. The predicted octanol–water partition coefficient (Wildman–Crippen LogP) is -1.26. The molecule has 1 fully saturated rings. The van der Waals surface area contributed by atoms with Gasteiger partial charge in [-0.15, -0.1) is 0 Å². The van der Waals surface area contributed by atoms with Gasteiger partial charge in [0, 0.05) is 27.3 Å². The summed E-state index contributed by atoms with van der Waals surface area (Å²) in [4.78, 5) is 11.1. The smallest absolute Gasteiger partial charge is 0.246 e. The summed E-state index contributed by atoms with van der Waals surface area (Å²) in [7, 11) is 3.15. The molecule has 0 saturated carbocycles. The van der Waals surface area contributed by atoms with E-state index in [2.05, 4.69) is 10.6 Å². The Morgan fingerprint density at radius 1 is 1.54 bits per heavy atom. The maximum atomic E-state index is 11.1. The molecule has 5 heteroatoms. The molecule has 0 aromatic heterocycles. The van der Waals surface area contributed by atoms with E-state index in [0.29, 0.717) is 0 Å². The minimum atomic E-state index is -0.0988. The minimum Gasteiger partial charge on any atom is -0.378 e. The van der Waals surface area contributed by atoms with Crippen LogP contribution in [0.3, 0.4) is 0 Å². The van der Waals surface area contributed by atoms with E-state index in [1.54, 1.807) is 7.11 Å². The molecule has 5 nitrogen and oxygen atoms in total. The van der Waals surface area contributed by atoms with Crippen LogP contribution in [-0.2, 0) is 14.3 Å². The van der Waals surface area contributed by atoms with E-state index in [-0.39, 0.29) is 24.7 Å². The largest absolute Gasteiger partial charge is 0.378 e. The molecule has 2 N–H and O–H groups in total. The van der Waals surface area contributed by atoms with Crippen molar-refractivity contribution in [3.63, 3.8) is 0 Å². The maximum Gasteiger partial charge on any atom is 0.246 e. The van der Waals surface area contributed by atoms with E-state index >= 15 is 0 Å². The second-order valence-corrected chi connectivity index (χ2v) is 3.04. The van der Waals surface area contributed by atoms with Gasteiger partial charge in [-0.2, -0.15) is 0 Å². The third kappa shape index (κ3) is 2.95. The van der Waals surface area contributed by atoms with E-state index < -0.39 is 0 Å². The molecule has 0 bridgehead atoms. The lowest BCUT2D eigenvalue weighted by Gasteiger charge is -2.18. The van der Waals surface area contributed by atoms with E-state index in [1.807, 2.05) is 0 Å². The molecule has 1 rings (SSSR count). The fraction of sp³-hybridized carbons (Fsp3) is 0.875. The van der Waals surface area contributed by atoms with Crippen LogP contribution in [0.5, 0.6) is 0 Å².